The first-order valence-electron chi connectivity index (χ1n) is 17.3. The molecule has 0 bridgehead atoms. The van der Waals surface area contributed by atoms with Crippen LogP contribution < -0.4 is 10.6 Å². The first-order valence-corrected chi connectivity index (χ1v) is 17.3. The van der Waals surface area contributed by atoms with E-state index in [2.05, 4.69) is 63.5 Å². The maximum Gasteiger partial charge on any atom is 0.329 e. The predicted octanol–water partition coefficient (Wildman–Crippen LogP) is 8.02. The molecule has 0 spiro atoms. The molecule has 6 aliphatic carbocycles. The topological polar surface area (TPSA) is 95.5 Å². The van der Waals surface area contributed by atoms with E-state index in [4.69, 9.17) is 0 Å². The third-order valence-electron chi connectivity index (χ3n) is 15.2. The number of nitrogens with one attached hydrogen (secondary N) is 2. The second kappa shape index (κ2) is 9.69. The van der Waals surface area contributed by atoms with E-state index >= 15 is 0 Å². The predicted molar refractivity (Wildman–Crippen MR) is 172 cm³/mol. The van der Waals surface area contributed by atoms with Gasteiger partial charge in [0.25, 0.3) is 0 Å². The monoisotopic (exact) mass is 600 g/mol. The van der Waals surface area contributed by atoms with Gasteiger partial charge in [-0.15, -0.1) is 0 Å². The molecule has 6 nitrogen and oxygen atoms in total. The number of carbonyl (C=O) groups is 3. The fraction of sp³-hybridized carbons (Fsp3) is 0.711. The van der Waals surface area contributed by atoms with Gasteiger partial charge in [0.1, 0.15) is 11.8 Å². The van der Waals surface area contributed by atoms with Crippen LogP contribution in [0.1, 0.15) is 128 Å². The molecule has 1 aromatic rings. The zero-order valence-corrected chi connectivity index (χ0v) is 27.4. The summed E-state index contributed by atoms with van der Waals surface area (Å²) in [6.45, 7) is 12.8. The zero-order valence-electron chi connectivity index (χ0n) is 27.4. The highest BCUT2D eigenvalue weighted by Crippen LogP contribution is 2.76. The lowest BCUT2D eigenvalue weighted by atomic mass is 9.33. The number of aliphatic carboxylic acids is 1. The summed E-state index contributed by atoms with van der Waals surface area (Å²) in [6, 6.07) is 7.90. The Morgan fingerprint density at radius 2 is 1.52 bits per heavy atom. The van der Waals surface area contributed by atoms with Crippen LogP contribution in [0.3, 0.4) is 0 Å². The van der Waals surface area contributed by atoms with E-state index in [1.54, 1.807) is 0 Å². The number of carboxylic acids is 1. The number of benzene rings is 1. The smallest absolute Gasteiger partial charge is 0.329 e. The number of amides is 2. The van der Waals surface area contributed by atoms with Gasteiger partial charge in [0.2, 0.25) is 0 Å². The molecule has 7 rings (SSSR count). The largest absolute Gasteiger partial charge is 0.480 e. The molecule has 6 heteroatoms. The third-order valence-corrected chi connectivity index (χ3v) is 15.2. The number of rotatable bonds is 5. The van der Waals surface area contributed by atoms with Gasteiger partial charge >= 0.3 is 12.0 Å². The lowest BCUT2D eigenvalue weighted by Gasteiger charge is -2.72. The molecule has 0 radical (unpaired) electrons. The maximum atomic E-state index is 13.3. The normalized spacial score (nSPS) is 42.8. The zero-order chi connectivity index (χ0) is 31.3. The summed E-state index contributed by atoms with van der Waals surface area (Å²) >= 11 is 0. The van der Waals surface area contributed by atoms with Crippen LogP contribution in [0.15, 0.2) is 30.3 Å². The van der Waals surface area contributed by atoms with Crippen molar-refractivity contribution < 1.29 is 19.5 Å². The van der Waals surface area contributed by atoms with Crippen molar-refractivity contribution in [2.24, 2.45) is 45.3 Å². The minimum Gasteiger partial charge on any atom is -0.480 e. The molecule has 2 amide bonds. The van der Waals surface area contributed by atoms with Gasteiger partial charge in [-0.2, -0.15) is 0 Å². The Hall–Kier alpha value is -2.63. The summed E-state index contributed by atoms with van der Waals surface area (Å²) in [4.78, 5) is 36.3. The van der Waals surface area contributed by atoms with Crippen molar-refractivity contribution >= 4 is 23.9 Å². The van der Waals surface area contributed by atoms with Crippen LogP contribution >= 0.6 is 0 Å². The van der Waals surface area contributed by atoms with Gasteiger partial charge in [-0.25, -0.2) is 9.59 Å². The van der Waals surface area contributed by atoms with Crippen LogP contribution in [-0.2, 0) is 4.79 Å². The fourth-order valence-corrected chi connectivity index (χ4v) is 12.6. The van der Waals surface area contributed by atoms with E-state index in [0.29, 0.717) is 36.5 Å². The quantitative estimate of drug-likeness (QED) is 0.298. The lowest BCUT2D eigenvalue weighted by molar-refractivity contribution is -0.216. The molecule has 44 heavy (non-hydrogen) atoms. The van der Waals surface area contributed by atoms with E-state index in [1.165, 1.54) is 36.8 Å². The van der Waals surface area contributed by atoms with Crippen molar-refractivity contribution in [2.45, 2.75) is 123 Å². The van der Waals surface area contributed by atoms with Crippen molar-refractivity contribution in [3.8, 4) is 0 Å². The second-order valence-corrected chi connectivity index (χ2v) is 17.1. The van der Waals surface area contributed by atoms with Gasteiger partial charge in [-0.3, -0.25) is 4.79 Å². The Morgan fingerprint density at radius 1 is 0.795 bits per heavy atom. The fourth-order valence-electron chi connectivity index (χ4n) is 12.6. The molecule has 6 aliphatic rings. The number of hydrogen-bond acceptors (Lipinski definition) is 3. The van der Waals surface area contributed by atoms with Crippen LogP contribution in [0, 0.1) is 45.3 Å². The van der Waals surface area contributed by atoms with Gasteiger partial charge in [-0.05, 0) is 127 Å². The van der Waals surface area contributed by atoms with Crippen LogP contribution in [0.2, 0.25) is 0 Å². The van der Waals surface area contributed by atoms with Crippen molar-refractivity contribution in [1.29, 1.82) is 0 Å². The second-order valence-electron chi connectivity index (χ2n) is 17.1. The maximum absolute atomic E-state index is 13.3. The highest BCUT2D eigenvalue weighted by atomic mass is 16.4. The first kappa shape index (κ1) is 30.0. The Labute approximate surface area is 263 Å². The third kappa shape index (κ3) is 4.00. The van der Waals surface area contributed by atoms with E-state index in [1.807, 2.05) is 12.1 Å². The van der Waals surface area contributed by atoms with Gasteiger partial charge in [0.15, 0.2) is 0 Å². The number of hydrogen-bond donors (Lipinski definition) is 3. The summed E-state index contributed by atoms with van der Waals surface area (Å²) in [5, 5.41) is 15.9. The van der Waals surface area contributed by atoms with Gasteiger partial charge in [0, 0.05) is 11.1 Å². The Balaban J connectivity index is 1.16. The van der Waals surface area contributed by atoms with Crippen LogP contribution in [0.25, 0.3) is 5.57 Å². The molecule has 3 N–H and O–H groups in total. The molecular weight excluding hydrogens is 548 g/mol. The van der Waals surface area contributed by atoms with Crippen molar-refractivity contribution in [3.63, 3.8) is 0 Å². The highest BCUT2D eigenvalue weighted by Gasteiger charge is 2.69. The minimum atomic E-state index is -1.06. The van der Waals surface area contributed by atoms with Crippen molar-refractivity contribution in [3.05, 3.63) is 41.5 Å². The average Bonchev–Trinajstić information content (AvgIpc) is 3.64. The van der Waals surface area contributed by atoms with E-state index < -0.39 is 11.5 Å². The molecule has 8 atom stereocenters. The Bertz CT molecular complexity index is 1410. The van der Waals surface area contributed by atoms with Crippen LogP contribution in [-0.4, -0.2) is 34.5 Å². The SMILES string of the molecule is CC1(C)C(c2ccc(C=O)cc2)=CCC2(C)C1CCC1(C)C2CCC2C3CCCC3(NC(=O)NC3(C(=O)O)CC3)CC[C@]21C. The summed E-state index contributed by atoms with van der Waals surface area (Å²) in [6.07, 6.45) is 16.0. The molecule has 7 unspecified atom stereocenters. The summed E-state index contributed by atoms with van der Waals surface area (Å²) in [7, 11) is 0. The number of carboxylic acid groups (broad SMARTS) is 1. The van der Waals surface area contributed by atoms with Crippen molar-refractivity contribution in [1.82, 2.24) is 10.6 Å². The Kier molecular flexibility index (Phi) is 6.62. The Morgan fingerprint density at radius 3 is 2.18 bits per heavy atom. The number of urea groups is 1. The van der Waals surface area contributed by atoms with E-state index in [-0.39, 0.29) is 33.2 Å². The molecule has 0 saturated heterocycles. The summed E-state index contributed by atoms with van der Waals surface area (Å²) < 4.78 is 0. The summed E-state index contributed by atoms with van der Waals surface area (Å²) in [5.74, 6) is 1.37. The van der Waals surface area contributed by atoms with Crippen LogP contribution in [0.4, 0.5) is 4.79 Å². The van der Waals surface area contributed by atoms with Crippen LogP contribution in [0.5, 0.6) is 0 Å². The molecule has 0 aromatic heterocycles. The van der Waals surface area contributed by atoms with Gasteiger partial charge in [-0.1, -0.05) is 71.4 Å². The first-order chi connectivity index (χ1) is 20.7. The van der Waals surface area contributed by atoms with Gasteiger partial charge in [0.05, 0.1) is 0 Å². The number of carbonyl (C=O) groups excluding carboxylic acids is 2. The molecule has 5 saturated carbocycles. The van der Waals surface area contributed by atoms with E-state index in [9.17, 15) is 19.5 Å². The molecular formula is C38H52N2O4. The highest BCUT2D eigenvalue weighted by molar-refractivity contribution is 5.89. The average molecular weight is 601 g/mol. The molecule has 1 aromatic carbocycles. The molecule has 5 fully saturated rings. The lowest BCUT2D eigenvalue weighted by Crippen LogP contribution is -2.68. The molecule has 0 heterocycles. The molecule has 0 aliphatic heterocycles. The number of fused-ring (bicyclic) bond motifs is 7. The minimum absolute atomic E-state index is 0.0497. The summed E-state index contributed by atoms with van der Waals surface area (Å²) in [5.41, 5.74) is 2.90. The number of aldehydes is 1. The molecule has 238 valence electrons. The van der Waals surface area contributed by atoms with Gasteiger partial charge < -0.3 is 15.7 Å². The standard InChI is InChI=1S/C38H52N2O4/c1-33(2)26(25-10-8-24(23-41)9-11-25)14-17-34(3)29(33)15-18-36(5)30(34)13-12-27-28-7-6-16-37(28,20-19-35(27,36)4)39-32(44)40-38(21-22-38)31(42)43/h8-11,14,23,27-30H,6-7,12-13,15-22H2,1-5H3,(H,42,43)(H2,39,40,44)/t27?,28?,29?,30?,34?,35-,36?,37?/m1/s1. The van der Waals surface area contributed by atoms with E-state index in [0.717, 1.165) is 50.4 Å². The number of allylic oxidation sites excluding steroid dienone is 2. The van der Waals surface area contributed by atoms with Crippen molar-refractivity contribution in [2.75, 3.05) is 0 Å².